The van der Waals surface area contributed by atoms with Gasteiger partial charge in [-0.1, -0.05) is 0 Å². The SMILES string of the molecule is NC(=O)c1ccc(N2CCN(CCOCCO)CC2)cc1. The minimum Gasteiger partial charge on any atom is -0.394 e. The van der Waals surface area contributed by atoms with Gasteiger partial charge in [0.05, 0.1) is 19.8 Å². The Labute approximate surface area is 125 Å². The molecular weight excluding hydrogens is 270 g/mol. The fourth-order valence-electron chi connectivity index (χ4n) is 2.43. The lowest BCUT2D eigenvalue weighted by Gasteiger charge is -2.36. The van der Waals surface area contributed by atoms with E-state index in [0.717, 1.165) is 38.4 Å². The minimum atomic E-state index is -0.394. The Hall–Kier alpha value is -1.63. The number of aliphatic hydroxyl groups excluding tert-OH is 1. The number of amides is 1. The summed E-state index contributed by atoms with van der Waals surface area (Å²) in [6.07, 6.45) is 0. The molecule has 0 bridgehead atoms. The second-order valence-corrected chi connectivity index (χ2v) is 5.08. The molecule has 1 aliphatic rings. The summed E-state index contributed by atoms with van der Waals surface area (Å²) in [5.74, 6) is -0.394. The summed E-state index contributed by atoms with van der Waals surface area (Å²) >= 11 is 0. The number of rotatable bonds is 7. The zero-order chi connectivity index (χ0) is 15.1. The largest absolute Gasteiger partial charge is 0.394 e. The van der Waals surface area contributed by atoms with Crippen molar-refractivity contribution in [1.82, 2.24) is 4.90 Å². The lowest BCUT2D eigenvalue weighted by Crippen LogP contribution is -2.47. The van der Waals surface area contributed by atoms with Gasteiger partial charge in [-0.2, -0.15) is 0 Å². The summed E-state index contributed by atoms with van der Waals surface area (Å²) < 4.78 is 5.28. The van der Waals surface area contributed by atoms with Crippen molar-refractivity contribution in [3.8, 4) is 0 Å². The number of ether oxygens (including phenoxy) is 1. The van der Waals surface area contributed by atoms with E-state index in [1.807, 2.05) is 12.1 Å². The fraction of sp³-hybridized carbons (Fsp3) is 0.533. The Bertz CT molecular complexity index is 442. The van der Waals surface area contributed by atoms with Crippen LogP contribution in [0.1, 0.15) is 10.4 Å². The van der Waals surface area contributed by atoms with Crippen LogP contribution in [0.4, 0.5) is 5.69 Å². The van der Waals surface area contributed by atoms with Gasteiger partial charge in [-0.3, -0.25) is 9.69 Å². The summed E-state index contributed by atoms with van der Waals surface area (Å²) in [6, 6.07) is 7.43. The van der Waals surface area contributed by atoms with Crippen molar-refractivity contribution in [1.29, 1.82) is 0 Å². The molecule has 0 aromatic heterocycles. The van der Waals surface area contributed by atoms with Crippen molar-refractivity contribution in [2.24, 2.45) is 5.73 Å². The zero-order valence-corrected chi connectivity index (χ0v) is 12.2. The van der Waals surface area contributed by atoms with Crippen molar-refractivity contribution in [2.75, 3.05) is 57.4 Å². The summed E-state index contributed by atoms with van der Waals surface area (Å²) in [7, 11) is 0. The molecular formula is C15H23N3O3. The first kappa shape index (κ1) is 15.8. The van der Waals surface area contributed by atoms with Crippen LogP contribution in [0, 0.1) is 0 Å². The van der Waals surface area contributed by atoms with Gasteiger partial charge in [0.25, 0.3) is 0 Å². The van der Waals surface area contributed by atoms with Gasteiger partial charge in [0.2, 0.25) is 5.91 Å². The van der Waals surface area contributed by atoms with E-state index < -0.39 is 5.91 Å². The van der Waals surface area contributed by atoms with Crippen LogP contribution in [-0.4, -0.2) is 68.5 Å². The fourth-order valence-corrected chi connectivity index (χ4v) is 2.43. The summed E-state index contributed by atoms with van der Waals surface area (Å²) in [5.41, 5.74) is 6.90. The number of carbonyl (C=O) groups excluding carboxylic acids is 1. The third-order valence-electron chi connectivity index (χ3n) is 3.68. The number of hydrogen-bond acceptors (Lipinski definition) is 5. The molecule has 1 heterocycles. The summed E-state index contributed by atoms with van der Waals surface area (Å²) in [5, 5.41) is 8.64. The van der Waals surface area contributed by atoms with Crippen LogP contribution in [-0.2, 0) is 4.74 Å². The molecule has 0 saturated carbocycles. The third kappa shape index (κ3) is 4.70. The highest BCUT2D eigenvalue weighted by atomic mass is 16.5. The van der Waals surface area contributed by atoms with Crippen LogP contribution < -0.4 is 10.6 Å². The number of piperazine rings is 1. The molecule has 6 nitrogen and oxygen atoms in total. The maximum Gasteiger partial charge on any atom is 0.248 e. The molecule has 6 heteroatoms. The van der Waals surface area contributed by atoms with Crippen molar-refractivity contribution in [2.45, 2.75) is 0 Å². The number of carbonyl (C=O) groups is 1. The minimum absolute atomic E-state index is 0.0784. The van der Waals surface area contributed by atoms with Gasteiger partial charge in [0.15, 0.2) is 0 Å². The van der Waals surface area contributed by atoms with Gasteiger partial charge < -0.3 is 20.5 Å². The first-order valence-corrected chi connectivity index (χ1v) is 7.26. The van der Waals surface area contributed by atoms with Crippen molar-refractivity contribution >= 4 is 11.6 Å². The molecule has 0 spiro atoms. The number of anilines is 1. The first-order valence-electron chi connectivity index (χ1n) is 7.26. The van der Waals surface area contributed by atoms with Crippen molar-refractivity contribution in [3.05, 3.63) is 29.8 Å². The second kappa shape index (κ2) is 7.97. The molecule has 0 atom stereocenters. The number of aliphatic hydroxyl groups is 1. The smallest absolute Gasteiger partial charge is 0.248 e. The number of benzene rings is 1. The summed E-state index contributed by atoms with van der Waals surface area (Å²) in [6.45, 7) is 5.93. The Morgan fingerprint density at radius 1 is 1.14 bits per heavy atom. The lowest BCUT2D eigenvalue weighted by atomic mass is 10.1. The van der Waals surface area contributed by atoms with E-state index in [1.54, 1.807) is 12.1 Å². The maximum atomic E-state index is 11.1. The standard InChI is InChI=1S/C15H23N3O3/c16-15(20)13-1-3-14(4-2-13)18-7-5-17(6-8-18)9-11-21-12-10-19/h1-4,19H,5-12H2,(H2,16,20). The van der Waals surface area contributed by atoms with E-state index in [1.165, 1.54) is 0 Å². The van der Waals surface area contributed by atoms with Crippen LogP contribution in [0.5, 0.6) is 0 Å². The number of hydrogen-bond donors (Lipinski definition) is 2. The van der Waals surface area contributed by atoms with Crippen LogP contribution in [0.3, 0.4) is 0 Å². The van der Waals surface area contributed by atoms with E-state index in [2.05, 4.69) is 9.80 Å². The molecule has 116 valence electrons. The monoisotopic (exact) mass is 293 g/mol. The van der Waals surface area contributed by atoms with E-state index in [0.29, 0.717) is 18.8 Å². The summed E-state index contributed by atoms with van der Waals surface area (Å²) in [4.78, 5) is 15.7. The molecule has 0 unspecified atom stereocenters. The molecule has 3 N–H and O–H groups in total. The highest BCUT2D eigenvalue weighted by Gasteiger charge is 2.17. The van der Waals surface area contributed by atoms with Crippen LogP contribution in [0.25, 0.3) is 0 Å². The Morgan fingerprint density at radius 2 is 1.81 bits per heavy atom. The van der Waals surface area contributed by atoms with E-state index in [9.17, 15) is 4.79 Å². The Balaban J connectivity index is 1.76. The van der Waals surface area contributed by atoms with Crippen molar-refractivity contribution < 1.29 is 14.6 Å². The molecule has 2 rings (SSSR count). The van der Waals surface area contributed by atoms with Crippen LogP contribution in [0.15, 0.2) is 24.3 Å². The normalized spacial score (nSPS) is 16.1. The molecule has 1 saturated heterocycles. The molecule has 1 aliphatic heterocycles. The van der Waals surface area contributed by atoms with Gasteiger partial charge in [0, 0.05) is 44.0 Å². The van der Waals surface area contributed by atoms with E-state index in [4.69, 9.17) is 15.6 Å². The van der Waals surface area contributed by atoms with Gasteiger partial charge in [-0.25, -0.2) is 0 Å². The number of primary amides is 1. The molecule has 21 heavy (non-hydrogen) atoms. The molecule has 1 aromatic carbocycles. The number of nitrogens with two attached hydrogens (primary N) is 1. The molecule has 0 radical (unpaired) electrons. The third-order valence-corrected chi connectivity index (χ3v) is 3.68. The lowest BCUT2D eigenvalue weighted by molar-refractivity contribution is 0.0724. The molecule has 1 aromatic rings. The highest BCUT2D eigenvalue weighted by Crippen LogP contribution is 2.17. The molecule has 1 fully saturated rings. The number of nitrogens with zero attached hydrogens (tertiary/aromatic N) is 2. The first-order chi connectivity index (χ1) is 10.2. The van der Waals surface area contributed by atoms with Gasteiger partial charge in [-0.15, -0.1) is 0 Å². The highest BCUT2D eigenvalue weighted by molar-refractivity contribution is 5.93. The molecule has 1 amide bonds. The quantitative estimate of drug-likeness (QED) is 0.687. The Kier molecular flexibility index (Phi) is 5.98. The molecule has 0 aliphatic carbocycles. The van der Waals surface area contributed by atoms with E-state index >= 15 is 0 Å². The second-order valence-electron chi connectivity index (χ2n) is 5.08. The van der Waals surface area contributed by atoms with Gasteiger partial charge >= 0.3 is 0 Å². The van der Waals surface area contributed by atoms with Crippen molar-refractivity contribution in [3.63, 3.8) is 0 Å². The maximum absolute atomic E-state index is 11.1. The van der Waals surface area contributed by atoms with Crippen LogP contribution in [0.2, 0.25) is 0 Å². The average Bonchev–Trinajstić information content (AvgIpc) is 2.52. The predicted molar refractivity (Wildman–Crippen MR) is 81.5 cm³/mol. The van der Waals surface area contributed by atoms with E-state index in [-0.39, 0.29) is 6.61 Å². The van der Waals surface area contributed by atoms with Gasteiger partial charge in [-0.05, 0) is 24.3 Å². The predicted octanol–water partition coefficient (Wildman–Crippen LogP) is -0.0836. The topological polar surface area (TPSA) is 79.0 Å². The zero-order valence-electron chi connectivity index (χ0n) is 12.2. The van der Waals surface area contributed by atoms with Gasteiger partial charge in [0.1, 0.15) is 0 Å². The average molecular weight is 293 g/mol. The van der Waals surface area contributed by atoms with Crippen LogP contribution >= 0.6 is 0 Å². The Morgan fingerprint density at radius 3 is 2.38 bits per heavy atom.